The zero-order valence-corrected chi connectivity index (χ0v) is 15.0. The van der Waals surface area contributed by atoms with Gasteiger partial charge in [0.15, 0.2) is 0 Å². The molecule has 2 heterocycles. The maximum absolute atomic E-state index is 14.4. The molecule has 25 heavy (non-hydrogen) atoms. The van der Waals surface area contributed by atoms with Crippen LogP contribution < -0.4 is 15.4 Å². The molecule has 0 saturated carbocycles. The highest BCUT2D eigenvalue weighted by Crippen LogP contribution is 2.24. The van der Waals surface area contributed by atoms with Gasteiger partial charge in [0, 0.05) is 42.4 Å². The van der Waals surface area contributed by atoms with Crippen LogP contribution in [0, 0.1) is 5.82 Å². The molecule has 1 aliphatic rings. The molecule has 1 unspecified atom stereocenters. The molecule has 0 spiro atoms. The van der Waals surface area contributed by atoms with E-state index in [1.54, 1.807) is 35.4 Å². The van der Waals surface area contributed by atoms with Crippen molar-refractivity contribution in [2.45, 2.75) is 6.23 Å². The smallest absolute Gasteiger partial charge is 0.320 e. The Morgan fingerprint density at radius 1 is 1.36 bits per heavy atom. The molecule has 0 aliphatic carbocycles. The molecule has 1 fully saturated rings. The number of carbonyl (C=O) groups excluding carboxylic acids is 1. The van der Waals surface area contributed by atoms with Crippen LogP contribution in [0.5, 0.6) is 5.75 Å². The van der Waals surface area contributed by atoms with Gasteiger partial charge in [-0.25, -0.2) is 9.18 Å². The average molecular weight is 409 g/mol. The van der Waals surface area contributed by atoms with Gasteiger partial charge in [-0.15, -0.1) is 0 Å². The Labute approximate surface area is 153 Å². The Bertz CT molecular complexity index is 726. The summed E-state index contributed by atoms with van der Waals surface area (Å²) in [4.78, 5) is 18.2. The van der Waals surface area contributed by atoms with Gasteiger partial charge < -0.3 is 15.0 Å². The minimum atomic E-state index is -0.959. The Hall–Kier alpha value is -2.19. The summed E-state index contributed by atoms with van der Waals surface area (Å²) in [6.45, 7) is 2.64. The number of hydrogen-bond donors (Lipinski definition) is 2. The zero-order valence-electron chi connectivity index (χ0n) is 13.4. The van der Waals surface area contributed by atoms with Gasteiger partial charge in [-0.05, 0) is 30.3 Å². The van der Waals surface area contributed by atoms with Crippen molar-refractivity contribution >= 4 is 22.0 Å². The summed E-state index contributed by atoms with van der Waals surface area (Å²) < 4.78 is 20.8. The molecular formula is C17H18BrFN4O2. The van der Waals surface area contributed by atoms with Crippen LogP contribution in [0.3, 0.4) is 0 Å². The Morgan fingerprint density at radius 2 is 2.16 bits per heavy atom. The number of aromatic nitrogens is 1. The van der Waals surface area contributed by atoms with E-state index in [0.29, 0.717) is 23.3 Å². The van der Waals surface area contributed by atoms with Gasteiger partial charge in [-0.1, -0.05) is 15.9 Å². The number of piperazine rings is 1. The number of nitrogens with one attached hydrogen (secondary N) is 2. The Morgan fingerprint density at radius 3 is 2.84 bits per heavy atom. The molecule has 1 atom stereocenters. The minimum absolute atomic E-state index is 0.246. The van der Waals surface area contributed by atoms with Crippen molar-refractivity contribution in [1.82, 2.24) is 20.5 Å². The van der Waals surface area contributed by atoms with Crippen molar-refractivity contribution in [3.05, 3.63) is 58.6 Å². The van der Waals surface area contributed by atoms with E-state index >= 15 is 0 Å². The Balaban J connectivity index is 1.81. The molecule has 0 radical (unpaired) electrons. The third-order valence-electron chi connectivity index (χ3n) is 3.79. The van der Waals surface area contributed by atoms with Gasteiger partial charge in [0.25, 0.3) is 0 Å². The predicted molar refractivity (Wildman–Crippen MR) is 94.7 cm³/mol. The number of amides is 2. The lowest BCUT2D eigenvalue weighted by atomic mass is 10.2. The number of nitrogens with zero attached hydrogens (tertiary/aromatic N) is 2. The number of halogens is 2. The van der Waals surface area contributed by atoms with Crippen LogP contribution in [0.1, 0.15) is 11.8 Å². The fourth-order valence-electron chi connectivity index (χ4n) is 2.51. The summed E-state index contributed by atoms with van der Waals surface area (Å²) in [5, 5.41) is 5.95. The normalized spacial score (nSPS) is 15.5. The molecule has 8 heteroatoms. The number of rotatable bonds is 4. The topological polar surface area (TPSA) is 66.5 Å². The second kappa shape index (κ2) is 8.26. The largest absolute Gasteiger partial charge is 0.465 e. The molecule has 2 aromatic rings. The third-order valence-corrected chi connectivity index (χ3v) is 4.29. The van der Waals surface area contributed by atoms with Crippen molar-refractivity contribution in [3.63, 3.8) is 0 Å². The van der Waals surface area contributed by atoms with Crippen LogP contribution in [-0.2, 0) is 0 Å². The highest BCUT2D eigenvalue weighted by Gasteiger charge is 2.24. The first-order valence-corrected chi connectivity index (χ1v) is 8.70. The standard InChI is InChI=1S/C17H18BrFN4O2/c18-12-3-4-14(15(19)10-12)16(25-13-2-1-5-21-11-13)22-17(24)23-8-6-20-7-9-23/h1-5,10-11,16,20H,6-9H2,(H,22,24). The number of ether oxygens (including phenoxy) is 1. The minimum Gasteiger partial charge on any atom is -0.465 e. The molecule has 1 aliphatic heterocycles. The van der Waals surface area contributed by atoms with Gasteiger partial charge in [-0.3, -0.25) is 10.3 Å². The lowest BCUT2D eigenvalue weighted by Gasteiger charge is -2.30. The summed E-state index contributed by atoms with van der Waals surface area (Å²) in [6, 6.07) is 7.74. The second-order valence-corrected chi connectivity index (χ2v) is 6.45. The molecule has 2 N–H and O–H groups in total. The van der Waals surface area contributed by atoms with Crippen LogP contribution in [0.25, 0.3) is 0 Å². The number of benzene rings is 1. The van der Waals surface area contributed by atoms with Gasteiger partial charge in [0.2, 0.25) is 6.23 Å². The summed E-state index contributed by atoms with van der Waals surface area (Å²) in [7, 11) is 0. The first-order chi connectivity index (χ1) is 12.1. The second-order valence-electron chi connectivity index (χ2n) is 5.54. The lowest BCUT2D eigenvalue weighted by Crippen LogP contribution is -2.51. The van der Waals surface area contributed by atoms with E-state index in [0.717, 1.165) is 13.1 Å². The van der Waals surface area contributed by atoms with E-state index in [-0.39, 0.29) is 11.6 Å². The number of hydrogen-bond acceptors (Lipinski definition) is 4. The molecule has 1 aromatic carbocycles. The van der Waals surface area contributed by atoms with Crippen molar-refractivity contribution in [1.29, 1.82) is 0 Å². The van der Waals surface area contributed by atoms with Gasteiger partial charge in [-0.2, -0.15) is 0 Å². The highest BCUT2D eigenvalue weighted by atomic mass is 79.9. The fourth-order valence-corrected chi connectivity index (χ4v) is 2.84. The van der Waals surface area contributed by atoms with Crippen LogP contribution in [0.15, 0.2) is 47.2 Å². The average Bonchev–Trinajstić information content (AvgIpc) is 2.63. The zero-order chi connectivity index (χ0) is 17.6. The van der Waals surface area contributed by atoms with E-state index < -0.39 is 12.0 Å². The molecule has 1 aromatic heterocycles. The fraction of sp³-hybridized carbons (Fsp3) is 0.294. The van der Waals surface area contributed by atoms with Gasteiger partial charge >= 0.3 is 6.03 Å². The van der Waals surface area contributed by atoms with Crippen LogP contribution in [0.2, 0.25) is 0 Å². The molecule has 6 nitrogen and oxygen atoms in total. The van der Waals surface area contributed by atoms with Crippen molar-refractivity contribution in [2.75, 3.05) is 26.2 Å². The van der Waals surface area contributed by atoms with E-state index in [2.05, 4.69) is 31.5 Å². The maximum atomic E-state index is 14.4. The summed E-state index contributed by atoms with van der Waals surface area (Å²) in [6.07, 6.45) is 2.17. The number of carbonyl (C=O) groups is 1. The third kappa shape index (κ3) is 4.67. The number of pyridine rings is 1. The Kier molecular flexibility index (Phi) is 5.83. The molecular weight excluding hydrogens is 391 g/mol. The highest BCUT2D eigenvalue weighted by molar-refractivity contribution is 9.10. The summed E-state index contributed by atoms with van der Waals surface area (Å²) in [5.74, 6) is -0.0284. The monoisotopic (exact) mass is 408 g/mol. The number of urea groups is 1. The summed E-state index contributed by atoms with van der Waals surface area (Å²) >= 11 is 3.23. The molecule has 132 valence electrons. The van der Waals surface area contributed by atoms with Crippen molar-refractivity contribution in [2.24, 2.45) is 0 Å². The first kappa shape index (κ1) is 17.6. The quantitative estimate of drug-likeness (QED) is 0.763. The maximum Gasteiger partial charge on any atom is 0.320 e. The van der Waals surface area contributed by atoms with Crippen molar-refractivity contribution in [3.8, 4) is 5.75 Å². The lowest BCUT2D eigenvalue weighted by molar-refractivity contribution is 0.137. The molecule has 1 saturated heterocycles. The van der Waals surface area contributed by atoms with Crippen LogP contribution >= 0.6 is 15.9 Å². The van der Waals surface area contributed by atoms with E-state index in [9.17, 15) is 9.18 Å². The van der Waals surface area contributed by atoms with Gasteiger partial charge in [0.1, 0.15) is 11.6 Å². The predicted octanol–water partition coefficient (Wildman–Crippen LogP) is 2.68. The van der Waals surface area contributed by atoms with Gasteiger partial charge in [0.05, 0.1) is 6.20 Å². The van der Waals surface area contributed by atoms with E-state index in [1.165, 1.54) is 12.3 Å². The van der Waals surface area contributed by atoms with Crippen LogP contribution in [-0.4, -0.2) is 42.1 Å². The summed E-state index contributed by atoms with van der Waals surface area (Å²) in [5.41, 5.74) is 0.246. The van der Waals surface area contributed by atoms with E-state index in [4.69, 9.17) is 4.74 Å². The molecule has 0 bridgehead atoms. The molecule has 2 amide bonds. The van der Waals surface area contributed by atoms with E-state index in [1.807, 2.05) is 0 Å². The van der Waals surface area contributed by atoms with Crippen molar-refractivity contribution < 1.29 is 13.9 Å². The molecule has 3 rings (SSSR count). The SMILES string of the molecule is O=C(NC(Oc1cccnc1)c1ccc(Br)cc1F)N1CCNCC1. The first-order valence-electron chi connectivity index (χ1n) is 7.91. The van der Waals surface area contributed by atoms with Crippen LogP contribution in [0.4, 0.5) is 9.18 Å².